The lowest BCUT2D eigenvalue weighted by Crippen LogP contribution is -2.05. The highest BCUT2D eigenvalue weighted by Crippen LogP contribution is 2.24. The first-order chi connectivity index (χ1) is 7.31. The van der Waals surface area contributed by atoms with E-state index < -0.39 is 0 Å². The Morgan fingerprint density at radius 1 is 1.40 bits per heavy atom. The van der Waals surface area contributed by atoms with E-state index in [0.29, 0.717) is 24.5 Å². The molecule has 0 bridgehead atoms. The van der Waals surface area contributed by atoms with E-state index in [1.807, 2.05) is 24.5 Å². The largest absolute Gasteiger partial charge is 0.490 e. The van der Waals surface area contributed by atoms with Crippen molar-refractivity contribution in [1.82, 2.24) is 0 Å². The Bertz CT molecular complexity index is 360. The van der Waals surface area contributed by atoms with Gasteiger partial charge in [0.1, 0.15) is 18.4 Å². The van der Waals surface area contributed by atoms with Crippen LogP contribution in [-0.4, -0.2) is 26.6 Å². The molecule has 80 valence electrons. The van der Waals surface area contributed by atoms with Crippen molar-refractivity contribution in [2.24, 2.45) is 0 Å². The van der Waals surface area contributed by atoms with Crippen molar-refractivity contribution in [3.8, 4) is 11.8 Å². The molecular formula is C11H13NO2S. The molecule has 0 heterocycles. The second kappa shape index (κ2) is 6.33. The number of benzene rings is 1. The second-order valence-electron chi connectivity index (χ2n) is 2.82. The summed E-state index contributed by atoms with van der Waals surface area (Å²) in [7, 11) is 1.62. The molecule has 0 aliphatic heterocycles. The zero-order chi connectivity index (χ0) is 11.1. The summed E-state index contributed by atoms with van der Waals surface area (Å²) >= 11 is 1.60. The summed E-state index contributed by atoms with van der Waals surface area (Å²) in [6, 6.07) is 7.70. The number of nitrogens with zero attached hydrogens (tertiary/aromatic N) is 1. The molecule has 0 aliphatic rings. The molecule has 1 rings (SSSR count). The van der Waals surface area contributed by atoms with Gasteiger partial charge in [0.2, 0.25) is 0 Å². The molecule has 0 radical (unpaired) electrons. The Morgan fingerprint density at radius 2 is 2.20 bits per heavy atom. The van der Waals surface area contributed by atoms with E-state index in [2.05, 4.69) is 6.07 Å². The van der Waals surface area contributed by atoms with Crippen LogP contribution < -0.4 is 4.74 Å². The van der Waals surface area contributed by atoms with Crippen LogP contribution in [0.15, 0.2) is 23.1 Å². The van der Waals surface area contributed by atoms with E-state index >= 15 is 0 Å². The van der Waals surface area contributed by atoms with Crippen molar-refractivity contribution in [3.63, 3.8) is 0 Å². The van der Waals surface area contributed by atoms with Gasteiger partial charge in [0.25, 0.3) is 0 Å². The third-order valence-corrected chi connectivity index (χ3v) is 2.58. The minimum Gasteiger partial charge on any atom is -0.490 e. The first-order valence-corrected chi connectivity index (χ1v) is 5.74. The molecule has 0 unspecified atom stereocenters. The molecule has 1 aromatic carbocycles. The smallest absolute Gasteiger partial charge is 0.137 e. The monoisotopic (exact) mass is 223 g/mol. The van der Waals surface area contributed by atoms with Gasteiger partial charge in [-0.1, -0.05) is 0 Å². The maximum atomic E-state index is 8.92. The third kappa shape index (κ3) is 3.46. The number of rotatable bonds is 5. The Balaban J connectivity index is 2.75. The van der Waals surface area contributed by atoms with Gasteiger partial charge in [0, 0.05) is 12.0 Å². The summed E-state index contributed by atoms with van der Waals surface area (Å²) in [5, 5.41) is 8.92. The van der Waals surface area contributed by atoms with E-state index in [0.717, 1.165) is 4.90 Å². The van der Waals surface area contributed by atoms with Crippen LogP contribution in [0.5, 0.6) is 5.75 Å². The fourth-order valence-electron chi connectivity index (χ4n) is 1.08. The molecule has 1 aromatic rings. The van der Waals surface area contributed by atoms with Crippen molar-refractivity contribution in [2.75, 3.05) is 26.6 Å². The first-order valence-electron chi connectivity index (χ1n) is 4.51. The summed E-state index contributed by atoms with van der Waals surface area (Å²) in [5.74, 6) is 0.618. The Labute approximate surface area is 94.0 Å². The van der Waals surface area contributed by atoms with Crippen LogP contribution in [-0.2, 0) is 4.74 Å². The zero-order valence-corrected chi connectivity index (χ0v) is 9.63. The summed E-state index contributed by atoms with van der Waals surface area (Å²) < 4.78 is 10.3. The fraction of sp³-hybridized carbons (Fsp3) is 0.364. The maximum Gasteiger partial charge on any atom is 0.137 e. The average molecular weight is 223 g/mol. The van der Waals surface area contributed by atoms with Crippen molar-refractivity contribution in [3.05, 3.63) is 23.8 Å². The topological polar surface area (TPSA) is 42.2 Å². The SMILES string of the molecule is COCCOc1ccc(SC)cc1C#N. The molecule has 0 N–H and O–H groups in total. The maximum absolute atomic E-state index is 8.92. The molecule has 0 amide bonds. The van der Waals surface area contributed by atoms with Gasteiger partial charge >= 0.3 is 0 Å². The van der Waals surface area contributed by atoms with E-state index in [1.165, 1.54) is 0 Å². The quantitative estimate of drug-likeness (QED) is 0.567. The van der Waals surface area contributed by atoms with E-state index in [1.54, 1.807) is 18.9 Å². The van der Waals surface area contributed by atoms with Crippen LogP contribution in [0.3, 0.4) is 0 Å². The van der Waals surface area contributed by atoms with Gasteiger partial charge in [-0.25, -0.2) is 0 Å². The van der Waals surface area contributed by atoms with Crippen LogP contribution in [0, 0.1) is 11.3 Å². The lowest BCUT2D eigenvalue weighted by Gasteiger charge is -2.07. The molecule has 15 heavy (non-hydrogen) atoms. The van der Waals surface area contributed by atoms with Gasteiger partial charge in [0.05, 0.1) is 12.2 Å². The molecule has 0 aliphatic carbocycles. The standard InChI is InChI=1S/C11H13NO2S/c1-13-5-6-14-11-4-3-10(15-2)7-9(11)8-12/h3-4,7H,5-6H2,1-2H3. The van der Waals surface area contributed by atoms with Gasteiger partial charge in [-0.2, -0.15) is 5.26 Å². The Hall–Kier alpha value is -1.18. The molecule has 0 atom stereocenters. The lowest BCUT2D eigenvalue weighted by molar-refractivity contribution is 0.146. The molecule has 0 saturated heterocycles. The number of ether oxygens (including phenoxy) is 2. The predicted molar refractivity (Wildman–Crippen MR) is 60.3 cm³/mol. The van der Waals surface area contributed by atoms with Crippen LogP contribution in [0.4, 0.5) is 0 Å². The molecule has 4 heteroatoms. The normalized spacial score (nSPS) is 9.67. The summed E-state index contributed by atoms with van der Waals surface area (Å²) in [6.07, 6.45) is 1.97. The van der Waals surface area contributed by atoms with E-state index in [9.17, 15) is 0 Å². The highest BCUT2D eigenvalue weighted by molar-refractivity contribution is 7.98. The molecule has 0 spiro atoms. The highest BCUT2D eigenvalue weighted by atomic mass is 32.2. The van der Waals surface area contributed by atoms with E-state index in [-0.39, 0.29) is 0 Å². The third-order valence-electron chi connectivity index (χ3n) is 1.85. The molecule has 0 aromatic heterocycles. The first kappa shape index (κ1) is 11.9. The van der Waals surface area contributed by atoms with Crippen molar-refractivity contribution in [1.29, 1.82) is 5.26 Å². The molecule has 3 nitrogen and oxygen atoms in total. The van der Waals surface area contributed by atoms with Crippen LogP contribution in [0.2, 0.25) is 0 Å². The van der Waals surface area contributed by atoms with Crippen LogP contribution in [0.1, 0.15) is 5.56 Å². The minimum atomic E-state index is 0.462. The van der Waals surface area contributed by atoms with Gasteiger partial charge in [-0.3, -0.25) is 0 Å². The fourth-order valence-corrected chi connectivity index (χ4v) is 1.52. The Morgan fingerprint density at radius 3 is 2.80 bits per heavy atom. The van der Waals surface area contributed by atoms with Gasteiger partial charge in [-0.15, -0.1) is 11.8 Å². The lowest BCUT2D eigenvalue weighted by atomic mass is 10.2. The minimum absolute atomic E-state index is 0.462. The summed E-state index contributed by atoms with van der Waals surface area (Å²) in [6.45, 7) is 0.985. The van der Waals surface area contributed by atoms with E-state index in [4.69, 9.17) is 14.7 Å². The summed E-state index contributed by atoms with van der Waals surface area (Å²) in [5.41, 5.74) is 0.568. The highest BCUT2D eigenvalue weighted by Gasteiger charge is 2.03. The number of nitriles is 1. The van der Waals surface area contributed by atoms with Gasteiger partial charge < -0.3 is 9.47 Å². The van der Waals surface area contributed by atoms with Crippen molar-refractivity contribution >= 4 is 11.8 Å². The zero-order valence-electron chi connectivity index (χ0n) is 8.82. The Kier molecular flexibility index (Phi) is 5.02. The predicted octanol–water partition coefficient (Wildman–Crippen LogP) is 2.31. The van der Waals surface area contributed by atoms with Crippen molar-refractivity contribution < 1.29 is 9.47 Å². The van der Waals surface area contributed by atoms with Crippen molar-refractivity contribution in [2.45, 2.75) is 4.90 Å². The number of hydrogen-bond donors (Lipinski definition) is 0. The number of hydrogen-bond acceptors (Lipinski definition) is 4. The molecule has 0 saturated carbocycles. The van der Waals surface area contributed by atoms with Gasteiger partial charge in [0.15, 0.2) is 0 Å². The molecule has 0 fully saturated rings. The summed E-state index contributed by atoms with van der Waals surface area (Å²) in [4.78, 5) is 1.06. The molecular weight excluding hydrogens is 210 g/mol. The van der Waals surface area contributed by atoms with Crippen LogP contribution in [0.25, 0.3) is 0 Å². The number of methoxy groups -OCH3 is 1. The van der Waals surface area contributed by atoms with Crippen LogP contribution >= 0.6 is 11.8 Å². The average Bonchev–Trinajstić information content (AvgIpc) is 2.29. The second-order valence-corrected chi connectivity index (χ2v) is 3.69. The number of thioether (sulfide) groups is 1. The van der Waals surface area contributed by atoms with Gasteiger partial charge in [-0.05, 0) is 24.5 Å².